The van der Waals surface area contributed by atoms with Gasteiger partial charge in [0.1, 0.15) is 0 Å². The topological polar surface area (TPSA) is 61.0 Å². The maximum atomic E-state index is 5.77. The van der Waals surface area contributed by atoms with Crippen LogP contribution in [0, 0.1) is 23.7 Å². The molecule has 4 bridgehead atoms. The highest BCUT2D eigenvalue weighted by molar-refractivity contribution is 5.22. The van der Waals surface area contributed by atoms with Crippen LogP contribution in [0.5, 0.6) is 6.01 Å². The van der Waals surface area contributed by atoms with Gasteiger partial charge in [-0.15, -0.1) is 0 Å². The third-order valence-electron chi connectivity index (χ3n) is 5.74. The van der Waals surface area contributed by atoms with Crippen molar-refractivity contribution in [2.45, 2.75) is 44.6 Å². The van der Waals surface area contributed by atoms with Gasteiger partial charge in [-0.3, -0.25) is 0 Å². The number of hydrogen-bond acceptors (Lipinski definition) is 4. The Morgan fingerprint density at radius 3 is 2.30 bits per heavy atom. The molecule has 0 unspecified atom stereocenters. The van der Waals surface area contributed by atoms with E-state index in [1.54, 1.807) is 7.11 Å². The summed E-state index contributed by atoms with van der Waals surface area (Å²) in [5, 5.41) is 0. The SMILES string of the molecule is COc1nc(CN)cc(C2C3CC4CC(C3)CC2C4)n1. The lowest BCUT2D eigenvalue weighted by Crippen LogP contribution is -2.44. The normalized spacial score (nSPS) is 38.2. The largest absolute Gasteiger partial charge is 0.467 e. The standard InChI is InChI=1S/C16H23N3O/c1-20-16-18-13(8-17)7-14(19-16)15-11-3-9-2-10(5-11)6-12(15)4-9/h7,9-12,15H,2-6,8,17H2,1H3. The first kappa shape index (κ1) is 12.6. The summed E-state index contributed by atoms with van der Waals surface area (Å²) in [6.45, 7) is 0.458. The maximum Gasteiger partial charge on any atom is 0.316 e. The number of methoxy groups -OCH3 is 1. The van der Waals surface area contributed by atoms with Crippen molar-refractivity contribution in [3.63, 3.8) is 0 Å². The van der Waals surface area contributed by atoms with E-state index >= 15 is 0 Å². The first-order chi connectivity index (χ1) is 9.76. The fraction of sp³-hybridized carbons (Fsp3) is 0.750. The smallest absolute Gasteiger partial charge is 0.316 e. The molecule has 1 heterocycles. The van der Waals surface area contributed by atoms with Gasteiger partial charge in [0.15, 0.2) is 0 Å². The predicted molar refractivity (Wildman–Crippen MR) is 76.3 cm³/mol. The van der Waals surface area contributed by atoms with Crippen molar-refractivity contribution < 1.29 is 4.74 Å². The van der Waals surface area contributed by atoms with Gasteiger partial charge in [0.25, 0.3) is 0 Å². The van der Waals surface area contributed by atoms with E-state index in [2.05, 4.69) is 16.0 Å². The number of ether oxygens (including phenoxy) is 1. The highest BCUT2D eigenvalue weighted by Crippen LogP contribution is 2.59. The molecular formula is C16H23N3O. The molecule has 4 saturated carbocycles. The minimum absolute atomic E-state index is 0.458. The molecule has 4 heteroatoms. The van der Waals surface area contributed by atoms with Gasteiger partial charge in [0, 0.05) is 12.5 Å². The van der Waals surface area contributed by atoms with E-state index in [9.17, 15) is 0 Å². The Morgan fingerprint density at radius 2 is 1.75 bits per heavy atom. The number of nitrogens with two attached hydrogens (primary N) is 1. The first-order valence-corrected chi connectivity index (χ1v) is 7.88. The fourth-order valence-corrected chi connectivity index (χ4v) is 5.27. The van der Waals surface area contributed by atoms with Crippen LogP contribution in [0.1, 0.15) is 49.4 Å². The van der Waals surface area contributed by atoms with Crippen LogP contribution in [0.15, 0.2) is 6.07 Å². The van der Waals surface area contributed by atoms with E-state index < -0.39 is 0 Å². The zero-order valence-electron chi connectivity index (χ0n) is 12.1. The fourth-order valence-electron chi connectivity index (χ4n) is 5.27. The lowest BCUT2D eigenvalue weighted by Gasteiger charge is -2.54. The molecule has 0 spiro atoms. The Balaban J connectivity index is 1.70. The predicted octanol–water partition coefficient (Wildman–Crippen LogP) is 2.48. The summed E-state index contributed by atoms with van der Waals surface area (Å²) < 4.78 is 5.26. The average Bonchev–Trinajstić information content (AvgIpc) is 2.45. The Hall–Kier alpha value is -1.16. The molecule has 108 valence electrons. The summed E-state index contributed by atoms with van der Waals surface area (Å²) in [6, 6.07) is 2.60. The summed E-state index contributed by atoms with van der Waals surface area (Å²) in [5.74, 6) is 4.26. The van der Waals surface area contributed by atoms with E-state index in [4.69, 9.17) is 10.5 Å². The minimum Gasteiger partial charge on any atom is -0.467 e. The highest BCUT2D eigenvalue weighted by Gasteiger charge is 2.49. The number of rotatable bonds is 3. The van der Waals surface area contributed by atoms with Crippen LogP contribution < -0.4 is 10.5 Å². The van der Waals surface area contributed by atoms with Gasteiger partial charge < -0.3 is 10.5 Å². The second-order valence-corrected chi connectivity index (χ2v) is 6.93. The third kappa shape index (κ3) is 1.93. The number of nitrogens with zero attached hydrogens (tertiary/aromatic N) is 2. The van der Waals surface area contributed by atoms with Gasteiger partial charge in [0.2, 0.25) is 0 Å². The molecule has 1 aromatic heterocycles. The molecule has 2 N–H and O–H groups in total. The lowest BCUT2D eigenvalue weighted by atomic mass is 9.51. The zero-order chi connectivity index (χ0) is 13.7. The van der Waals surface area contributed by atoms with Crippen LogP contribution >= 0.6 is 0 Å². The molecule has 1 aromatic rings. The van der Waals surface area contributed by atoms with E-state index in [0.717, 1.165) is 29.4 Å². The van der Waals surface area contributed by atoms with E-state index in [1.807, 2.05) is 0 Å². The van der Waals surface area contributed by atoms with Gasteiger partial charge in [-0.1, -0.05) is 0 Å². The van der Waals surface area contributed by atoms with E-state index in [1.165, 1.54) is 37.8 Å². The summed E-state index contributed by atoms with van der Waals surface area (Å²) >= 11 is 0. The first-order valence-electron chi connectivity index (χ1n) is 7.88. The molecule has 4 aliphatic rings. The summed E-state index contributed by atoms with van der Waals surface area (Å²) in [7, 11) is 1.64. The molecule has 0 saturated heterocycles. The number of hydrogen-bond donors (Lipinski definition) is 1. The molecule has 20 heavy (non-hydrogen) atoms. The Kier molecular flexibility index (Phi) is 2.95. The van der Waals surface area contributed by atoms with Crippen LogP contribution in [-0.2, 0) is 6.54 Å². The van der Waals surface area contributed by atoms with Gasteiger partial charge in [-0.05, 0) is 61.8 Å². The van der Waals surface area contributed by atoms with Gasteiger partial charge >= 0.3 is 6.01 Å². The second-order valence-electron chi connectivity index (χ2n) is 6.93. The molecule has 0 aromatic carbocycles. The number of aromatic nitrogens is 2. The highest BCUT2D eigenvalue weighted by atomic mass is 16.5. The summed E-state index contributed by atoms with van der Waals surface area (Å²) in [5.41, 5.74) is 7.86. The van der Waals surface area contributed by atoms with Crippen molar-refractivity contribution >= 4 is 0 Å². The van der Waals surface area contributed by atoms with Crippen LogP contribution in [0.4, 0.5) is 0 Å². The lowest BCUT2D eigenvalue weighted by molar-refractivity contribution is -0.00437. The molecule has 4 fully saturated rings. The quantitative estimate of drug-likeness (QED) is 0.919. The molecule has 0 amide bonds. The molecule has 5 rings (SSSR count). The zero-order valence-corrected chi connectivity index (χ0v) is 12.1. The van der Waals surface area contributed by atoms with Gasteiger partial charge in [-0.2, -0.15) is 9.97 Å². The van der Waals surface area contributed by atoms with Gasteiger partial charge in [-0.25, -0.2) is 0 Å². The minimum atomic E-state index is 0.458. The van der Waals surface area contributed by atoms with Crippen LogP contribution in [-0.4, -0.2) is 17.1 Å². The van der Waals surface area contributed by atoms with Crippen LogP contribution in [0.2, 0.25) is 0 Å². The van der Waals surface area contributed by atoms with Crippen molar-refractivity contribution in [2.75, 3.05) is 7.11 Å². The van der Waals surface area contributed by atoms with Crippen LogP contribution in [0.3, 0.4) is 0 Å². The monoisotopic (exact) mass is 273 g/mol. The Morgan fingerprint density at radius 1 is 1.10 bits per heavy atom. The van der Waals surface area contributed by atoms with Gasteiger partial charge in [0.05, 0.1) is 18.5 Å². The van der Waals surface area contributed by atoms with E-state index in [0.29, 0.717) is 18.5 Å². The summed E-state index contributed by atoms with van der Waals surface area (Å²) in [4.78, 5) is 8.98. The molecule has 4 nitrogen and oxygen atoms in total. The third-order valence-corrected chi connectivity index (χ3v) is 5.74. The van der Waals surface area contributed by atoms with Crippen LogP contribution in [0.25, 0.3) is 0 Å². The summed E-state index contributed by atoms with van der Waals surface area (Å²) in [6.07, 6.45) is 7.11. The van der Waals surface area contributed by atoms with E-state index in [-0.39, 0.29) is 0 Å². The molecule has 4 aliphatic carbocycles. The molecular weight excluding hydrogens is 250 g/mol. The maximum absolute atomic E-state index is 5.77. The van der Waals surface area contributed by atoms with Crippen molar-refractivity contribution in [1.82, 2.24) is 9.97 Å². The van der Waals surface area contributed by atoms with Crippen molar-refractivity contribution in [3.8, 4) is 6.01 Å². The van der Waals surface area contributed by atoms with Crippen molar-refractivity contribution in [2.24, 2.45) is 29.4 Å². The Bertz CT molecular complexity index is 466. The second kappa shape index (κ2) is 4.69. The molecule has 0 atom stereocenters. The Labute approximate surface area is 120 Å². The average molecular weight is 273 g/mol. The van der Waals surface area contributed by atoms with Crippen molar-refractivity contribution in [3.05, 3.63) is 17.5 Å². The molecule has 0 aliphatic heterocycles. The van der Waals surface area contributed by atoms with Crippen molar-refractivity contribution in [1.29, 1.82) is 0 Å². The molecule has 0 radical (unpaired) electrons.